The molecule has 0 spiro atoms. The van der Waals surface area contributed by atoms with E-state index < -0.39 is 0 Å². The molecular weight excluding hydrogens is 283 g/mol. The van der Waals surface area contributed by atoms with Gasteiger partial charge in [0.2, 0.25) is 0 Å². The molecule has 0 aliphatic heterocycles. The van der Waals surface area contributed by atoms with Crippen molar-refractivity contribution >= 4 is 6.03 Å². The molecule has 0 bridgehead atoms. The lowest BCUT2D eigenvalue weighted by atomic mass is 9.87. The molecule has 0 radical (unpaired) electrons. The van der Waals surface area contributed by atoms with Crippen molar-refractivity contribution in [3.05, 3.63) is 35.1 Å². The standard InChI is InChI=1S/C17H25FN2O2/c1-11-3-6-14(9-16(11)18)12(2)19-17(22)20-15-7-4-13(10-21)5-8-15/h3,6,9,12-13,15,21H,4-5,7-8,10H2,1-2H3,(H2,19,20,22). The highest BCUT2D eigenvalue weighted by atomic mass is 19.1. The minimum Gasteiger partial charge on any atom is -0.396 e. The number of rotatable bonds is 4. The van der Waals surface area contributed by atoms with Crippen LogP contribution >= 0.6 is 0 Å². The molecule has 0 heterocycles. The highest BCUT2D eigenvalue weighted by Gasteiger charge is 2.22. The van der Waals surface area contributed by atoms with E-state index in [1.807, 2.05) is 13.0 Å². The van der Waals surface area contributed by atoms with Crippen LogP contribution in [0.2, 0.25) is 0 Å². The Bertz CT molecular complexity index is 513. The number of hydrogen-bond donors (Lipinski definition) is 3. The Balaban J connectivity index is 1.82. The number of urea groups is 1. The molecular formula is C17H25FN2O2. The molecule has 1 fully saturated rings. The van der Waals surface area contributed by atoms with Gasteiger partial charge in [0, 0.05) is 12.6 Å². The normalized spacial score (nSPS) is 22.9. The van der Waals surface area contributed by atoms with Gasteiger partial charge < -0.3 is 15.7 Å². The number of aliphatic hydroxyl groups is 1. The quantitative estimate of drug-likeness (QED) is 0.800. The van der Waals surface area contributed by atoms with E-state index in [1.165, 1.54) is 6.07 Å². The van der Waals surface area contributed by atoms with E-state index >= 15 is 0 Å². The largest absolute Gasteiger partial charge is 0.396 e. The predicted octanol–water partition coefficient (Wildman–Crippen LogP) is 3.05. The van der Waals surface area contributed by atoms with Crippen molar-refractivity contribution < 1.29 is 14.3 Å². The van der Waals surface area contributed by atoms with E-state index in [0.717, 1.165) is 31.2 Å². The first-order valence-corrected chi connectivity index (χ1v) is 7.93. The van der Waals surface area contributed by atoms with Crippen molar-refractivity contribution in [3.63, 3.8) is 0 Å². The van der Waals surface area contributed by atoms with Crippen LogP contribution in [0.15, 0.2) is 18.2 Å². The van der Waals surface area contributed by atoms with E-state index in [-0.39, 0.29) is 30.5 Å². The molecule has 1 aromatic carbocycles. The van der Waals surface area contributed by atoms with E-state index in [4.69, 9.17) is 5.11 Å². The van der Waals surface area contributed by atoms with Gasteiger partial charge in [0.25, 0.3) is 0 Å². The van der Waals surface area contributed by atoms with Gasteiger partial charge in [-0.1, -0.05) is 12.1 Å². The summed E-state index contributed by atoms with van der Waals surface area (Å²) in [5, 5.41) is 14.9. The topological polar surface area (TPSA) is 61.4 Å². The molecule has 1 aliphatic carbocycles. The molecule has 0 saturated heterocycles. The lowest BCUT2D eigenvalue weighted by molar-refractivity contribution is 0.174. The number of amides is 2. The van der Waals surface area contributed by atoms with Gasteiger partial charge in [-0.15, -0.1) is 0 Å². The van der Waals surface area contributed by atoms with Gasteiger partial charge >= 0.3 is 6.03 Å². The molecule has 2 amide bonds. The van der Waals surface area contributed by atoms with Crippen molar-refractivity contribution in [2.24, 2.45) is 5.92 Å². The van der Waals surface area contributed by atoms with Gasteiger partial charge in [0.05, 0.1) is 6.04 Å². The number of aryl methyl sites for hydroxylation is 1. The van der Waals surface area contributed by atoms with Crippen molar-refractivity contribution in [1.29, 1.82) is 0 Å². The number of carbonyl (C=O) groups is 1. The van der Waals surface area contributed by atoms with Crippen LogP contribution in [0.4, 0.5) is 9.18 Å². The summed E-state index contributed by atoms with van der Waals surface area (Å²) in [6, 6.07) is 4.70. The molecule has 1 saturated carbocycles. The second kappa shape index (κ2) is 7.58. The Morgan fingerprint density at radius 1 is 1.36 bits per heavy atom. The Morgan fingerprint density at radius 2 is 2.05 bits per heavy atom. The van der Waals surface area contributed by atoms with Gasteiger partial charge in [-0.2, -0.15) is 0 Å². The number of carbonyl (C=O) groups excluding carboxylic acids is 1. The summed E-state index contributed by atoms with van der Waals surface area (Å²) in [4.78, 5) is 12.0. The maximum absolute atomic E-state index is 13.6. The smallest absolute Gasteiger partial charge is 0.315 e. The summed E-state index contributed by atoms with van der Waals surface area (Å²) in [5.74, 6) is 0.115. The first kappa shape index (κ1) is 16.7. The van der Waals surface area contributed by atoms with E-state index in [9.17, 15) is 9.18 Å². The lowest BCUT2D eigenvalue weighted by Crippen LogP contribution is -2.44. The van der Waals surface area contributed by atoms with E-state index in [0.29, 0.717) is 11.5 Å². The Kier molecular flexibility index (Phi) is 5.77. The minimum atomic E-state index is -0.256. The van der Waals surface area contributed by atoms with Crippen molar-refractivity contribution in [2.75, 3.05) is 6.61 Å². The van der Waals surface area contributed by atoms with E-state index in [1.54, 1.807) is 13.0 Å². The Hall–Kier alpha value is -1.62. The number of benzene rings is 1. The predicted molar refractivity (Wildman–Crippen MR) is 84.1 cm³/mol. The van der Waals surface area contributed by atoms with Crippen molar-refractivity contribution in [1.82, 2.24) is 10.6 Å². The lowest BCUT2D eigenvalue weighted by Gasteiger charge is -2.28. The van der Waals surface area contributed by atoms with Gasteiger partial charge in [-0.05, 0) is 62.6 Å². The van der Waals surface area contributed by atoms with Gasteiger partial charge in [-0.25, -0.2) is 9.18 Å². The molecule has 2 rings (SSSR count). The number of halogens is 1. The van der Waals surface area contributed by atoms with Gasteiger partial charge in [0.1, 0.15) is 5.82 Å². The average molecular weight is 308 g/mol. The molecule has 1 aromatic rings. The monoisotopic (exact) mass is 308 g/mol. The molecule has 1 aliphatic rings. The number of aliphatic hydroxyl groups excluding tert-OH is 1. The Morgan fingerprint density at radius 3 is 2.64 bits per heavy atom. The fraction of sp³-hybridized carbons (Fsp3) is 0.588. The summed E-state index contributed by atoms with van der Waals surface area (Å²) < 4.78 is 13.6. The highest BCUT2D eigenvalue weighted by Crippen LogP contribution is 2.23. The summed E-state index contributed by atoms with van der Waals surface area (Å²) >= 11 is 0. The van der Waals surface area contributed by atoms with Crippen molar-refractivity contribution in [3.8, 4) is 0 Å². The minimum absolute atomic E-state index is 0.157. The first-order chi connectivity index (χ1) is 10.5. The molecule has 0 aromatic heterocycles. The third-order valence-electron chi connectivity index (χ3n) is 4.48. The molecule has 3 N–H and O–H groups in total. The van der Waals surface area contributed by atoms with Crippen LogP contribution in [-0.4, -0.2) is 23.8 Å². The van der Waals surface area contributed by atoms with Gasteiger partial charge in [-0.3, -0.25) is 0 Å². The fourth-order valence-electron chi connectivity index (χ4n) is 2.87. The molecule has 1 atom stereocenters. The molecule has 22 heavy (non-hydrogen) atoms. The van der Waals surface area contributed by atoms with Crippen LogP contribution in [0.1, 0.15) is 49.8 Å². The SMILES string of the molecule is Cc1ccc(C(C)NC(=O)NC2CCC(CO)CC2)cc1F. The zero-order chi connectivity index (χ0) is 16.1. The van der Waals surface area contributed by atoms with Crippen LogP contribution in [0, 0.1) is 18.7 Å². The molecule has 4 nitrogen and oxygen atoms in total. The summed E-state index contributed by atoms with van der Waals surface area (Å²) in [7, 11) is 0. The number of nitrogens with one attached hydrogen (secondary N) is 2. The molecule has 1 unspecified atom stereocenters. The third kappa shape index (κ3) is 4.44. The first-order valence-electron chi connectivity index (χ1n) is 7.93. The average Bonchev–Trinajstić information content (AvgIpc) is 2.50. The number of hydrogen-bond acceptors (Lipinski definition) is 2. The Labute approximate surface area is 131 Å². The maximum Gasteiger partial charge on any atom is 0.315 e. The van der Waals surface area contributed by atoms with Crippen molar-refractivity contribution in [2.45, 2.75) is 51.6 Å². The second-order valence-corrected chi connectivity index (χ2v) is 6.25. The maximum atomic E-state index is 13.6. The van der Waals surface area contributed by atoms with Gasteiger partial charge in [0.15, 0.2) is 0 Å². The fourth-order valence-corrected chi connectivity index (χ4v) is 2.87. The summed E-state index contributed by atoms with van der Waals surface area (Å²) in [6.45, 7) is 3.79. The zero-order valence-electron chi connectivity index (χ0n) is 13.2. The zero-order valence-corrected chi connectivity index (χ0v) is 13.2. The molecule has 122 valence electrons. The van der Waals surface area contributed by atoms with Crippen LogP contribution in [-0.2, 0) is 0 Å². The van der Waals surface area contributed by atoms with E-state index in [2.05, 4.69) is 10.6 Å². The van der Waals surface area contributed by atoms with Crippen LogP contribution in [0.5, 0.6) is 0 Å². The van der Waals surface area contributed by atoms with Crippen LogP contribution in [0.3, 0.4) is 0 Å². The van der Waals surface area contributed by atoms with Crippen LogP contribution in [0.25, 0.3) is 0 Å². The summed E-state index contributed by atoms with van der Waals surface area (Å²) in [5.41, 5.74) is 1.35. The summed E-state index contributed by atoms with van der Waals surface area (Å²) in [6.07, 6.45) is 3.68. The third-order valence-corrected chi connectivity index (χ3v) is 4.48. The van der Waals surface area contributed by atoms with Crippen LogP contribution < -0.4 is 10.6 Å². The second-order valence-electron chi connectivity index (χ2n) is 6.25. The molecule has 5 heteroatoms. The highest BCUT2D eigenvalue weighted by molar-refractivity contribution is 5.74.